The summed E-state index contributed by atoms with van der Waals surface area (Å²) < 4.78 is 2.00. The molecule has 2 heterocycles. The normalized spacial score (nSPS) is 11.3. The molecule has 0 unspecified atom stereocenters. The van der Waals surface area contributed by atoms with Crippen molar-refractivity contribution in [3.05, 3.63) is 96.2 Å². The average molecular weight is 396 g/mol. The number of hydrogen-bond acceptors (Lipinski definition) is 3. The molecule has 5 aromatic rings. The molecule has 0 aliphatic heterocycles. The van der Waals surface area contributed by atoms with Gasteiger partial charge in [-0.25, -0.2) is 4.98 Å². The second-order valence-electron chi connectivity index (χ2n) is 7.16. The lowest BCUT2D eigenvalue weighted by molar-refractivity contribution is 1.21. The van der Waals surface area contributed by atoms with Gasteiger partial charge in [-0.15, -0.1) is 11.8 Å². The zero-order valence-electron chi connectivity index (χ0n) is 16.2. The first kappa shape index (κ1) is 17.8. The summed E-state index contributed by atoms with van der Waals surface area (Å²) >= 11 is 1.85. The van der Waals surface area contributed by atoms with E-state index in [1.54, 1.807) is 0 Å². The molecule has 0 bridgehead atoms. The number of nitrogens with zero attached hydrogens (tertiary/aromatic N) is 2. The molecule has 4 heteroatoms. The van der Waals surface area contributed by atoms with Gasteiger partial charge in [-0.3, -0.25) is 4.40 Å². The summed E-state index contributed by atoms with van der Waals surface area (Å²) in [5.41, 5.74) is 11.8. The molecule has 0 amide bonds. The highest BCUT2D eigenvalue weighted by molar-refractivity contribution is 7.98. The van der Waals surface area contributed by atoms with Gasteiger partial charge in [0.2, 0.25) is 0 Å². The number of nitrogens with two attached hydrogens (primary N) is 1. The molecule has 3 nitrogen and oxygen atoms in total. The third-order valence-corrected chi connectivity index (χ3v) is 6.43. The summed E-state index contributed by atoms with van der Waals surface area (Å²) in [6, 6.07) is 27.4. The minimum absolute atomic E-state index is 0.679. The van der Waals surface area contributed by atoms with Crippen LogP contribution in [-0.4, -0.2) is 9.38 Å². The van der Waals surface area contributed by atoms with Crippen molar-refractivity contribution in [3.63, 3.8) is 0 Å². The first-order valence-corrected chi connectivity index (χ1v) is 10.6. The summed E-state index contributed by atoms with van der Waals surface area (Å²) in [6.45, 7) is 2.09. The molecule has 0 saturated carbocycles. The quantitative estimate of drug-likeness (QED) is 0.361. The van der Waals surface area contributed by atoms with E-state index in [-0.39, 0.29) is 0 Å². The Morgan fingerprint density at radius 1 is 0.862 bits per heavy atom. The fourth-order valence-corrected chi connectivity index (χ4v) is 4.77. The monoisotopic (exact) mass is 395 g/mol. The summed E-state index contributed by atoms with van der Waals surface area (Å²) in [7, 11) is 0. The lowest BCUT2D eigenvalue weighted by Crippen LogP contribution is -1.95. The third-order valence-electron chi connectivity index (χ3n) is 5.28. The molecule has 0 saturated heterocycles. The minimum atomic E-state index is 0.679. The van der Waals surface area contributed by atoms with Crippen molar-refractivity contribution in [2.75, 3.05) is 5.73 Å². The van der Waals surface area contributed by atoms with E-state index < -0.39 is 0 Å². The first-order chi connectivity index (χ1) is 14.2. The zero-order chi connectivity index (χ0) is 19.8. The maximum absolute atomic E-state index is 6.50. The number of anilines is 1. The number of pyridine rings is 1. The molecular formula is C25H21N3S. The number of rotatable bonds is 4. The number of imidazole rings is 1. The summed E-state index contributed by atoms with van der Waals surface area (Å²) in [6.07, 6.45) is 2.04. The van der Waals surface area contributed by atoms with Crippen LogP contribution in [-0.2, 0) is 5.75 Å². The van der Waals surface area contributed by atoms with Crippen LogP contribution in [0.3, 0.4) is 0 Å². The topological polar surface area (TPSA) is 43.3 Å². The largest absolute Gasteiger partial charge is 0.383 e. The molecule has 2 N–H and O–H groups in total. The Hall–Kier alpha value is -3.24. The van der Waals surface area contributed by atoms with Crippen LogP contribution in [0.15, 0.2) is 90.0 Å². The SMILES string of the molecule is Cc1ccccc1-c1nc2c3cccc(SCc4ccccc4)c3ccn2c1N. The van der Waals surface area contributed by atoms with Crippen LogP contribution in [0.1, 0.15) is 11.1 Å². The Labute approximate surface area is 174 Å². The molecule has 142 valence electrons. The molecular weight excluding hydrogens is 374 g/mol. The van der Waals surface area contributed by atoms with Crippen LogP contribution in [0, 0.1) is 6.92 Å². The Morgan fingerprint density at radius 2 is 1.66 bits per heavy atom. The van der Waals surface area contributed by atoms with Crippen LogP contribution in [0.2, 0.25) is 0 Å². The van der Waals surface area contributed by atoms with Crippen molar-refractivity contribution < 1.29 is 0 Å². The maximum atomic E-state index is 6.50. The second kappa shape index (κ2) is 7.30. The highest BCUT2D eigenvalue weighted by Crippen LogP contribution is 2.35. The zero-order valence-corrected chi connectivity index (χ0v) is 17.0. The summed E-state index contributed by atoms with van der Waals surface area (Å²) in [5.74, 6) is 1.62. The predicted molar refractivity (Wildman–Crippen MR) is 123 cm³/mol. The van der Waals surface area contributed by atoms with Gasteiger partial charge >= 0.3 is 0 Å². The van der Waals surface area contributed by atoms with E-state index in [0.29, 0.717) is 5.82 Å². The number of aromatic nitrogens is 2. The van der Waals surface area contributed by atoms with E-state index in [0.717, 1.165) is 28.0 Å². The standard InChI is InChI=1S/C25H21N3S/c1-17-8-5-6-11-19(17)23-24(26)28-15-14-20-21(25(28)27-23)12-7-13-22(20)29-16-18-9-3-2-4-10-18/h2-15H,16,26H2,1H3. The van der Waals surface area contributed by atoms with E-state index in [1.807, 2.05) is 34.5 Å². The van der Waals surface area contributed by atoms with E-state index in [4.69, 9.17) is 10.7 Å². The molecule has 0 aliphatic rings. The summed E-state index contributed by atoms with van der Waals surface area (Å²) in [4.78, 5) is 6.22. The number of fused-ring (bicyclic) bond motifs is 3. The van der Waals surface area contributed by atoms with Crippen LogP contribution >= 0.6 is 11.8 Å². The fraction of sp³-hybridized carbons (Fsp3) is 0.0800. The maximum Gasteiger partial charge on any atom is 0.147 e. The van der Waals surface area contributed by atoms with Gasteiger partial charge in [-0.1, -0.05) is 66.7 Å². The lowest BCUT2D eigenvalue weighted by atomic mass is 10.1. The third kappa shape index (κ3) is 3.15. The summed E-state index contributed by atoms with van der Waals surface area (Å²) in [5, 5.41) is 2.33. The molecule has 0 fully saturated rings. The average Bonchev–Trinajstić information content (AvgIpc) is 3.10. The van der Waals surface area contributed by atoms with Gasteiger partial charge in [0.05, 0.1) is 0 Å². The van der Waals surface area contributed by atoms with E-state index in [9.17, 15) is 0 Å². The van der Waals surface area contributed by atoms with Gasteiger partial charge in [0.25, 0.3) is 0 Å². The van der Waals surface area contributed by atoms with Gasteiger partial charge in [0.1, 0.15) is 17.2 Å². The van der Waals surface area contributed by atoms with E-state index in [2.05, 4.69) is 73.7 Å². The lowest BCUT2D eigenvalue weighted by Gasteiger charge is -2.08. The van der Waals surface area contributed by atoms with Crippen molar-refractivity contribution in [1.29, 1.82) is 0 Å². The smallest absolute Gasteiger partial charge is 0.147 e. The number of benzene rings is 3. The fourth-order valence-electron chi connectivity index (χ4n) is 3.74. The van der Waals surface area contributed by atoms with Crippen molar-refractivity contribution >= 4 is 34.0 Å². The van der Waals surface area contributed by atoms with Gasteiger partial charge < -0.3 is 5.73 Å². The number of hydrogen-bond donors (Lipinski definition) is 1. The van der Waals surface area contributed by atoms with Crippen LogP contribution < -0.4 is 5.73 Å². The van der Waals surface area contributed by atoms with E-state index in [1.165, 1.54) is 21.4 Å². The Morgan fingerprint density at radius 3 is 2.48 bits per heavy atom. The number of nitrogen functional groups attached to an aromatic ring is 1. The van der Waals surface area contributed by atoms with Gasteiger partial charge in [0, 0.05) is 33.2 Å². The van der Waals surface area contributed by atoms with Gasteiger partial charge in [-0.05, 0) is 30.2 Å². The molecule has 0 aliphatic carbocycles. The first-order valence-electron chi connectivity index (χ1n) is 9.64. The molecule has 3 aromatic carbocycles. The van der Waals surface area contributed by atoms with Crippen molar-refractivity contribution in [2.45, 2.75) is 17.6 Å². The Kier molecular flexibility index (Phi) is 4.49. The molecule has 0 radical (unpaired) electrons. The van der Waals surface area contributed by atoms with Crippen molar-refractivity contribution in [3.8, 4) is 11.3 Å². The van der Waals surface area contributed by atoms with Crippen LogP contribution in [0.25, 0.3) is 27.7 Å². The van der Waals surface area contributed by atoms with E-state index >= 15 is 0 Å². The number of thioether (sulfide) groups is 1. The van der Waals surface area contributed by atoms with Crippen molar-refractivity contribution in [2.24, 2.45) is 0 Å². The highest BCUT2D eigenvalue weighted by atomic mass is 32.2. The second-order valence-corrected chi connectivity index (χ2v) is 8.18. The van der Waals surface area contributed by atoms with Gasteiger partial charge in [-0.2, -0.15) is 0 Å². The molecule has 0 spiro atoms. The number of aryl methyl sites for hydroxylation is 1. The molecule has 0 atom stereocenters. The van der Waals surface area contributed by atoms with Crippen molar-refractivity contribution in [1.82, 2.24) is 9.38 Å². The predicted octanol–water partition coefficient (Wildman–Crippen LogP) is 6.34. The minimum Gasteiger partial charge on any atom is -0.383 e. The van der Waals surface area contributed by atoms with Crippen LogP contribution in [0.4, 0.5) is 5.82 Å². The molecule has 5 rings (SSSR count). The molecule has 29 heavy (non-hydrogen) atoms. The Bertz CT molecular complexity index is 1320. The Balaban J connectivity index is 1.62. The highest BCUT2D eigenvalue weighted by Gasteiger charge is 2.15. The molecule has 2 aromatic heterocycles. The van der Waals surface area contributed by atoms with Crippen LogP contribution in [0.5, 0.6) is 0 Å². The van der Waals surface area contributed by atoms with Gasteiger partial charge in [0.15, 0.2) is 0 Å².